The molecule has 45 heavy (non-hydrogen) atoms. The Morgan fingerprint density at radius 3 is 1.38 bits per heavy atom. The van der Waals surface area contributed by atoms with Crippen LogP contribution in [0.25, 0.3) is 72.6 Å². The molecule has 0 saturated carbocycles. The first kappa shape index (κ1) is 26.6. The van der Waals surface area contributed by atoms with Crippen LogP contribution in [0.5, 0.6) is 0 Å². The molecule has 2 nitrogen and oxygen atoms in total. The fourth-order valence-electron chi connectivity index (χ4n) is 6.29. The molecule has 0 aliphatic carbocycles. The minimum Gasteiger partial charge on any atom is -0.309 e. The van der Waals surface area contributed by atoms with Crippen molar-refractivity contribution in [3.05, 3.63) is 182 Å². The van der Waals surface area contributed by atoms with Crippen LogP contribution in [-0.4, -0.2) is 9.55 Å². The highest BCUT2D eigenvalue weighted by Gasteiger charge is 2.21. The largest absolute Gasteiger partial charge is 0.309 e. The first-order chi connectivity index (χ1) is 22.3. The number of benzene rings is 6. The van der Waals surface area contributed by atoms with Crippen molar-refractivity contribution >= 4 is 10.9 Å². The second-order valence-corrected chi connectivity index (χ2v) is 11.2. The number of para-hydroxylation sites is 1. The summed E-state index contributed by atoms with van der Waals surface area (Å²) >= 11 is 0. The van der Waals surface area contributed by atoms with Crippen molar-refractivity contribution in [1.82, 2.24) is 9.55 Å². The normalized spacial score (nSPS) is 11.1. The second-order valence-electron chi connectivity index (χ2n) is 11.2. The molecular weight excluding hydrogens is 544 g/mol. The van der Waals surface area contributed by atoms with E-state index in [4.69, 9.17) is 4.98 Å². The van der Waals surface area contributed by atoms with E-state index >= 15 is 0 Å². The monoisotopic (exact) mass is 574 g/mol. The number of rotatable bonds is 6. The van der Waals surface area contributed by atoms with Gasteiger partial charge in [-0.2, -0.15) is 0 Å². The summed E-state index contributed by atoms with van der Waals surface area (Å²) in [5.41, 5.74) is 13.6. The van der Waals surface area contributed by atoms with E-state index in [0.717, 1.165) is 39.3 Å². The number of pyridine rings is 1. The molecule has 0 aliphatic rings. The summed E-state index contributed by atoms with van der Waals surface area (Å²) in [6, 6.07) is 64.4. The topological polar surface area (TPSA) is 17.8 Å². The van der Waals surface area contributed by atoms with E-state index in [0.29, 0.717) is 0 Å². The fourth-order valence-corrected chi connectivity index (χ4v) is 6.29. The van der Waals surface area contributed by atoms with Crippen molar-refractivity contribution in [2.75, 3.05) is 0 Å². The first-order valence-electron chi connectivity index (χ1n) is 15.3. The number of aromatic nitrogens is 2. The van der Waals surface area contributed by atoms with E-state index in [2.05, 4.69) is 174 Å². The van der Waals surface area contributed by atoms with Crippen LogP contribution in [0.1, 0.15) is 0 Å². The van der Waals surface area contributed by atoms with Crippen molar-refractivity contribution in [2.24, 2.45) is 0 Å². The Kier molecular flexibility index (Phi) is 6.86. The van der Waals surface area contributed by atoms with Gasteiger partial charge in [0.15, 0.2) is 0 Å². The van der Waals surface area contributed by atoms with Crippen LogP contribution in [0, 0.1) is 0 Å². The highest BCUT2D eigenvalue weighted by atomic mass is 15.0. The molecule has 0 fully saturated rings. The van der Waals surface area contributed by atoms with E-state index in [-0.39, 0.29) is 0 Å². The Morgan fingerprint density at radius 1 is 0.356 bits per heavy atom. The van der Waals surface area contributed by atoms with Crippen LogP contribution in [0.15, 0.2) is 182 Å². The molecule has 0 spiro atoms. The summed E-state index contributed by atoms with van der Waals surface area (Å²) in [5.74, 6) is 0. The number of fused-ring (bicyclic) bond motifs is 1. The Balaban J connectivity index is 1.30. The van der Waals surface area contributed by atoms with Gasteiger partial charge in [-0.15, -0.1) is 0 Å². The van der Waals surface area contributed by atoms with Crippen LogP contribution < -0.4 is 0 Å². The average molecular weight is 575 g/mol. The van der Waals surface area contributed by atoms with Gasteiger partial charge in [0, 0.05) is 27.8 Å². The van der Waals surface area contributed by atoms with Crippen LogP contribution in [0.3, 0.4) is 0 Å². The molecule has 0 N–H and O–H groups in total. The molecule has 6 aromatic carbocycles. The van der Waals surface area contributed by atoms with Crippen molar-refractivity contribution in [3.63, 3.8) is 0 Å². The molecule has 8 aromatic rings. The molecule has 212 valence electrons. The van der Waals surface area contributed by atoms with Crippen molar-refractivity contribution < 1.29 is 0 Å². The van der Waals surface area contributed by atoms with E-state index < -0.39 is 0 Å². The number of nitrogens with zero attached hydrogens (tertiary/aromatic N) is 2. The lowest BCUT2D eigenvalue weighted by molar-refractivity contribution is 1.14. The SMILES string of the molecule is c1ccc(-c2cc(-c3ccc(-n4c(-c5ccccc5)c(-c5ccccc5)c5ccccc54)cc3)cc(-c3ccccc3)n2)cc1. The van der Waals surface area contributed by atoms with Crippen LogP contribution >= 0.6 is 0 Å². The lowest BCUT2D eigenvalue weighted by atomic mass is 9.98. The summed E-state index contributed by atoms with van der Waals surface area (Å²) in [7, 11) is 0. The predicted molar refractivity (Wildman–Crippen MR) is 188 cm³/mol. The first-order valence-corrected chi connectivity index (χ1v) is 15.3. The van der Waals surface area contributed by atoms with Gasteiger partial charge in [-0.25, -0.2) is 4.98 Å². The maximum Gasteiger partial charge on any atom is 0.0715 e. The molecule has 0 bridgehead atoms. The van der Waals surface area contributed by atoms with Gasteiger partial charge in [0.25, 0.3) is 0 Å². The van der Waals surface area contributed by atoms with Crippen LogP contribution in [0.4, 0.5) is 0 Å². The third-order valence-electron chi connectivity index (χ3n) is 8.41. The maximum atomic E-state index is 5.07. The molecule has 0 amide bonds. The minimum absolute atomic E-state index is 0.964. The summed E-state index contributed by atoms with van der Waals surface area (Å²) in [5, 5.41) is 1.24. The van der Waals surface area contributed by atoms with Gasteiger partial charge in [0.1, 0.15) is 0 Å². The Morgan fingerprint density at radius 2 is 0.822 bits per heavy atom. The van der Waals surface area contributed by atoms with Gasteiger partial charge in [-0.05, 0) is 52.6 Å². The van der Waals surface area contributed by atoms with Crippen molar-refractivity contribution in [3.8, 4) is 61.7 Å². The van der Waals surface area contributed by atoms with E-state index in [9.17, 15) is 0 Å². The van der Waals surface area contributed by atoms with Crippen molar-refractivity contribution in [1.29, 1.82) is 0 Å². The lowest BCUT2D eigenvalue weighted by Crippen LogP contribution is -1.98. The molecule has 0 saturated heterocycles. The highest BCUT2D eigenvalue weighted by Crippen LogP contribution is 2.43. The van der Waals surface area contributed by atoms with Gasteiger partial charge in [-0.1, -0.05) is 152 Å². The standard InChI is InChI=1S/C43H30N2/c1-5-15-32(16-6-1)39-29-36(30-40(44-39)33-17-7-2-8-18-33)31-25-27-37(28-26-31)45-41-24-14-13-23-38(41)42(34-19-9-3-10-20-34)43(45)35-21-11-4-12-22-35/h1-30H. The molecule has 0 unspecified atom stereocenters. The molecule has 0 radical (unpaired) electrons. The molecule has 8 rings (SSSR count). The lowest BCUT2D eigenvalue weighted by Gasteiger charge is -2.15. The number of hydrogen-bond donors (Lipinski definition) is 0. The van der Waals surface area contributed by atoms with Gasteiger partial charge in [0.05, 0.1) is 22.6 Å². The minimum atomic E-state index is 0.964. The van der Waals surface area contributed by atoms with Gasteiger partial charge in [0.2, 0.25) is 0 Å². The summed E-state index contributed by atoms with van der Waals surface area (Å²) in [4.78, 5) is 5.07. The zero-order valence-corrected chi connectivity index (χ0v) is 24.7. The molecule has 0 aliphatic heterocycles. The maximum absolute atomic E-state index is 5.07. The van der Waals surface area contributed by atoms with E-state index in [1.807, 2.05) is 12.1 Å². The van der Waals surface area contributed by atoms with E-state index in [1.165, 1.54) is 33.3 Å². The van der Waals surface area contributed by atoms with Gasteiger partial charge in [-0.3, -0.25) is 0 Å². The molecule has 0 atom stereocenters. The summed E-state index contributed by atoms with van der Waals surface area (Å²) < 4.78 is 2.41. The van der Waals surface area contributed by atoms with Gasteiger partial charge >= 0.3 is 0 Å². The smallest absolute Gasteiger partial charge is 0.0715 e. The summed E-state index contributed by atoms with van der Waals surface area (Å²) in [6.07, 6.45) is 0. The Bertz CT molecular complexity index is 2160. The quantitative estimate of drug-likeness (QED) is 0.193. The fraction of sp³-hybridized carbons (Fsp3) is 0. The van der Waals surface area contributed by atoms with Crippen LogP contribution in [0.2, 0.25) is 0 Å². The zero-order chi connectivity index (χ0) is 30.0. The second kappa shape index (κ2) is 11.6. The van der Waals surface area contributed by atoms with Gasteiger partial charge < -0.3 is 4.57 Å². The highest BCUT2D eigenvalue weighted by molar-refractivity contribution is 6.05. The Labute approximate surface area is 263 Å². The molecular formula is C43H30N2. The predicted octanol–water partition coefficient (Wildman–Crippen LogP) is 11.4. The molecule has 2 heteroatoms. The van der Waals surface area contributed by atoms with Crippen molar-refractivity contribution in [2.45, 2.75) is 0 Å². The Hall–Kier alpha value is -5.99. The average Bonchev–Trinajstić information content (AvgIpc) is 3.48. The third kappa shape index (κ3) is 5.03. The van der Waals surface area contributed by atoms with E-state index in [1.54, 1.807) is 0 Å². The third-order valence-corrected chi connectivity index (χ3v) is 8.41. The van der Waals surface area contributed by atoms with Crippen LogP contribution in [-0.2, 0) is 0 Å². The molecule has 2 aromatic heterocycles. The number of hydrogen-bond acceptors (Lipinski definition) is 1. The summed E-state index contributed by atoms with van der Waals surface area (Å²) in [6.45, 7) is 0. The molecule has 2 heterocycles. The zero-order valence-electron chi connectivity index (χ0n) is 24.7.